The van der Waals surface area contributed by atoms with E-state index in [4.69, 9.17) is 9.15 Å². The summed E-state index contributed by atoms with van der Waals surface area (Å²) in [4.78, 5) is 13.3. The summed E-state index contributed by atoms with van der Waals surface area (Å²) in [6, 6.07) is 9.53. The third kappa shape index (κ3) is 4.86. The van der Waals surface area contributed by atoms with Crippen molar-refractivity contribution in [3.8, 4) is 10.8 Å². The molecule has 10 heteroatoms. The average molecular weight is 462 g/mol. The van der Waals surface area contributed by atoms with Gasteiger partial charge in [-0.3, -0.25) is 0 Å². The first-order valence-corrected chi connectivity index (χ1v) is 12.3. The largest absolute Gasteiger partial charge is 0.452 e. The highest BCUT2D eigenvalue weighted by atomic mass is 32.2. The molecule has 0 N–H and O–H groups in total. The van der Waals surface area contributed by atoms with E-state index in [-0.39, 0.29) is 23.0 Å². The van der Waals surface area contributed by atoms with Crippen LogP contribution in [0.3, 0.4) is 0 Å². The van der Waals surface area contributed by atoms with E-state index in [0.717, 1.165) is 11.3 Å². The smallest absolute Gasteiger partial charge is 0.338 e. The number of sulfonamides is 1. The fourth-order valence-corrected chi connectivity index (χ4v) is 6.06. The van der Waals surface area contributed by atoms with E-state index in [0.29, 0.717) is 30.8 Å². The van der Waals surface area contributed by atoms with Crippen LogP contribution in [-0.4, -0.2) is 42.0 Å². The average Bonchev–Trinajstić information content (AvgIpc) is 3.43. The molecule has 0 radical (unpaired) electrons. The fourth-order valence-electron chi connectivity index (χ4n) is 3.74. The molecule has 3 heterocycles. The summed E-state index contributed by atoms with van der Waals surface area (Å²) in [7, 11) is -3.60. The van der Waals surface area contributed by atoms with Crippen molar-refractivity contribution < 1.29 is 22.4 Å². The van der Waals surface area contributed by atoms with Crippen LogP contribution in [0.2, 0.25) is 0 Å². The minimum atomic E-state index is -3.60. The van der Waals surface area contributed by atoms with Gasteiger partial charge in [0.2, 0.25) is 10.0 Å². The van der Waals surface area contributed by atoms with Crippen molar-refractivity contribution >= 4 is 27.3 Å². The number of ether oxygens (including phenoxy) is 1. The molecule has 3 aromatic rings. The normalized spacial score (nSPS) is 19.9. The fraction of sp³-hybridized carbons (Fsp3) is 0.381. The number of hydrogen-bond donors (Lipinski definition) is 0. The van der Waals surface area contributed by atoms with E-state index < -0.39 is 16.0 Å². The van der Waals surface area contributed by atoms with Crippen molar-refractivity contribution in [2.24, 2.45) is 11.8 Å². The number of benzene rings is 1. The summed E-state index contributed by atoms with van der Waals surface area (Å²) in [5, 5.41) is 9.71. The van der Waals surface area contributed by atoms with E-state index in [2.05, 4.69) is 24.0 Å². The molecule has 0 aliphatic carbocycles. The first kappa shape index (κ1) is 21.7. The predicted octanol–water partition coefficient (Wildman–Crippen LogP) is 3.82. The number of rotatable bonds is 6. The molecule has 1 fully saturated rings. The molecule has 1 saturated heterocycles. The molecule has 0 bridgehead atoms. The second-order valence-corrected chi connectivity index (χ2v) is 10.7. The van der Waals surface area contributed by atoms with Crippen molar-refractivity contribution in [1.82, 2.24) is 14.5 Å². The molecule has 31 heavy (non-hydrogen) atoms. The SMILES string of the molecule is C[C@@H]1C[C@@H](C)CN(S(=O)(=O)c2ccc(C(=O)OCc3nnc(-c4cccs4)o3)cc2)C1. The van der Waals surface area contributed by atoms with Gasteiger partial charge in [-0.25, -0.2) is 13.2 Å². The van der Waals surface area contributed by atoms with Crippen molar-refractivity contribution in [1.29, 1.82) is 0 Å². The minimum Gasteiger partial charge on any atom is -0.452 e. The van der Waals surface area contributed by atoms with Crippen molar-refractivity contribution in [3.05, 3.63) is 53.2 Å². The number of aromatic nitrogens is 2. The number of nitrogens with zero attached hydrogens (tertiary/aromatic N) is 3. The second-order valence-electron chi connectivity index (χ2n) is 7.85. The van der Waals surface area contributed by atoms with Crippen LogP contribution in [0.15, 0.2) is 51.1 Å². The van der Waals surface area contributed by atoms with Gasteiger partial charge in [0.15, 0.2) is 6.61 Å². The monoisotopic (exact) mass is 461 g/mol. The van der Waals surface area contributed by atoms with Crippen LogP contribution in [0.1, 0.15) is 36.5 Å². The van der Waals surface area contributed by atoms with Gasteiger partial charge in [-0.05, 0) is 54.0 Å². The second kappa shape index (κ2) is 8.89. The topological polar surface area (TPSA) is 103 Å². The van der Waals surface area contributed by atoms with Crippen molar-refractivity contribution in [2.75, 3.05) is 13.1 Å². The Kier molecular flexibility index (Phi) is 6.22. The van der Waals surface area contributed by atoms with Gasteiger partial charge in [-0.2, -0.15) is 4.31 Å². The number of thiophene rings is 1. The number of hydrogen-bond acceptors (Lipinski definition) is 8. The highest BCUT2D eigenvalue weighted by Gasteiger charge is 2.31. The quantitative estimate of drug-likeness (QED) is 0.514. The third-order valence-electron chi connectivity index (χ3n) is 5.09. The van der Waals surface area contributed by atoms with Crippen LogP contribution >= 0.6 is 11.3 Å². The lowest BCUT2D eigenvalue weighted by Crippen LogP contribution is -2.42. The lowest BCUT2D eigenvalue weighted by Gasteiger charge is -2.34. The number of carbonyl (C=O) groups excluding carboxylic acids is 1. The van der Waals surface area contributed by atoms with E-state index in [1.54, 1.807) is 0 Å². The van der Waals surface area contributed by atoms with E-state index >= 15 is 0 Å². The Morgan fingerprint density at radius 2 is 1.87 bits per heavy atom. The Balaban J connectivity index is 1.39. The van der Waals surface area contributed by atoms with Gasteiger partial charge in [0.25, 0.3) is 11.8 Å². The Hall–Kier alpha value is -2.56. The van der Waals surface area contributed by atoms with Crippen LogP contribution in [-0.2, 0) is 21.4 Å². The van der Waals surface area contributed by atoms with Crippen LogP contribution in [0.4, 0.5) is 0 Å². The highest BCUT2D eigenvalue weighted by Crippen LogP contribution is 2.27. The van der Waals surface area contributed by atoms with E-state index in [9.17, 15) is 13.2 Å². The maximum atomic E-state index is 13.0. The molecular weight excluding hydrogens is 438 g/mol. The summed E-state index contributed by atoms with van der Waals surface area (Å²) in [5.41, 5.74) is 0.248. The summed E-state index contributed by atoms with van der Waals surface area (Å²) < 4.78 is 38.1. The molecule has 1 aromatic carbocycles. The zero-order chi connectivity index (χ0) is 22.0. The number of esters is 1. The molecule has 0 spiro atoms. The van der Waals surface area contributed by atoms with E-state index in [1.807, 2.05) is 17.5 Å². The van der Waals surface area contributed by atoms with Gasteiger partial charge >= 0.3 is 5.97 Å². The number of carbonyl (C=O) groups is 1. The Labute approximate surface area is 184 Å². The van der Waals surface area contributed by atoms with Crippen molar-refractivity contribution in [3.63, 3.8) is 0 Å². The van der Waals surface area contributed by atoms with Gasteiger partial charge in [0, 0.05) is 13.1 Å². The molecule has 2 aromatic heterocycles. The van der Waals surface area contributed by atoms with Gasteiger partial charge in [0.1, 0.15) is 0 Å². The molecule has 4 rings (SSSR count). The molecule has 164 valence electrons. The lowest BCUT2D eigenvalue weighted by atomic mass is 9.94. The van der Waals surface area contributed by atoms with E-state index in [1.165, 1.54) is 39.9 Å². The summed E-state index contributed by atoms with van der Waals surface area (Å²) in [6.45, 7) is 4.97. The van der Waals surface area contributed by atoms with Crippen LogP contribution < -0.4 is 0 Å². The standard InChI is InChI=1S/C21H23N3O5S2/c1-14-10-15(2)12-24(11-14)31(26,27)17-7-5-16(6-8-17)21(25)28-13-19-22-23-20(29-19)18-4-3-9-30-18/h3-9,14-15H,10-13H2,1-2H3/t14-,15-/m1/s1. The summed E-state index contributed by atoms with van der Waals surface area (Å²) in [5.74, 6) is 0.594. The molecular formula is C21H23N3O5S2. The van der Waals surface area contributed by atoms with Gasteiger partial charge in [-0.15, -0.1) is 21.5 Å². The van der Waals surface area contributed by atoms with Crippen molar-refractivity contribution in [2.45, 2.75) is 31.8 Å². The van der Waals surface area contributed by atoms with Gasteiger partial charge < -0.3 is 9.15 Å². The Morgan fingerprint density at radius 1 is 1.16 bits per heavy atom. The van der Waals surface area contributed by atoms with Gasteiger partial charge in [0.05, 0.1) is 15.3 Å². The number of piperidine rings is 1. The molecule has 1 aliphatic heterocycles. The molecule has 8 nitrogen and oxygen atoms in total. The highest BCUT2D eigenvalue weighted by molar-refractivity contribution is 7.89. The Morgan fingerprint density at radius 3 is 2.52 bits per heavy atom. The maximum absolute atomic E-state index is 13.0. The third-order valence-corrected chi connectivity index (χ3v) is 7.79. The minimum absolute atomic E-state index is 0.166. The van der Waals surface area contributed by atoms with Crippen LogP contribution in [0.5, 0.6) is 0 Å². The molecule has 0 unspecified atom stereocenters. The zero-order valence-corrected chi connectivity index (χ0v) is 18.9. The molecule has 0 amide bonds. The first-order chi connectivity index (χ1) is 14.8. The summed E-state index contributed by atoms with van der Waals surface area (Å²) in [6.07, 6.45) is 1.02. The maximum Gasteiger partial charge on any atom is 0.338 e. The zero-order valence-electron chi connectivity index (χ0n) is 17.2. The lowest BCUT2D eigenvalue weighted by molar-refractivity contribution is 0.0438. The van der Waals surface area contributed by atoms with Crippen LogP contribution in [0.25, 0.3) is 10.8 Å². The molecule has 2 atom stereocenters. The van der Waals surface area contributed by atoms with Gasteiger partial charge in [-0.1, -0.05) is 19.9 Å². The van der Waals surface area contributed by atoms with Crippen LogP contribution in [0, 0.1) is 11.8 Å². The predicted molar refractivity (Wildman–Crippen MR) is 115 cm³/mol. The molecule has 0 saturated carbocycles. The summed E-state index contributed by atoms with van der Waals surface area (Å²) >= 11 is 1.47. The Bertz CT molecular complexity index is 1130. The first-order valence-electron chi connectivity index (χ1n) is 9.96. The molecule has 1 aliphatic rings.